The van der Waals surface area contributed by atoms with Gasteiger partial charge in [-0.1, -0.05) is 44.2 Å². The van der Waals surface area contributed by atoms with Gasteiger partial charge < -0.3 is 43.4 Å². The second-order valence-electron chi connectivity index (χ2n) is 9.49. The highest BCUT2D eigenvalue weighted by Crippen LogP contribution is 2.08. The lowest BCUT2D eigenvalue weighted by atomic mass is 10.0. The van der Waals surface area contributed by atoms with Crippen LogP contribution < -0.4 is 33.2 Å². The Morgan fingerprint density at radius 1 is 0.872 bits per heavy atom. The molecule has 14 heteroatoms. The van der Waals surface area contributed by atoms with Gasteiger partial charge in [0.15, 0.2) is 5.96 Å². The predicted molar refractivity (Wildman–Crippen MR) is 143 cm³/mol. The monoisotopic (exact) mass is 549 g/mol. The Morgan fingerprint density at radius 2 is 1.44 bits per heavy atom. The molecule has 0 aliphatic rings. The van der Waals surface area contributed by atoms with E-state index in [1.165, 1.54) is 0 Å². The van der Waals surface area contributed by atoms with Crippen LogP contribution in [-0.4, -0.2) is 76.5 Å². The normalized spacial score (nSPS) is 13.8. The minimum Gasteiger partial charge on any atom is -0.481 e. The lowest BCUT2D eigenvalue weighted by Crippen LogP contribution is -2.57. The van der Waals surface area contributed by atoms with Gasteiger partial charge in [0.2, 0.25) is 17.7 Å². The molecule has 39 heavy (non-hydrogen) atoms. The standard InChI is InChI=1S/C25H39N7O7/c1-14(2)11-16(26)21(35)30-17(9-6-10-29-25(27)28)22(36)31-18(12-15-7-4-3-5-8-15)23(37)32-19(24(38)39)13-20(33)34/h3-5,7-8,14,16-19H,6,9-13,26H2,1-2H3,(H,30,35)(H,31,36)(H,32,37)(H,33,34)(H,38,39)(H4,27,28,29). The highest BCUT2D eigenvalue weighted by Gasteiger charge is 2.31. The zero-order chi connectivity index (χ0) is 29.5. The third-order valence-corrected chi connectivity index (χ3v) is 5.55. The van der Waals surface area contributed by atoms with Gasteiger partial charge in [-0.2, -0.15) is 0 Å². The van der Waals surface area contributed by atoms with Crippen LogP contribution in [0.1, 0.15) is 45.1 Å². The molecule has 0 saturated carbocycles. The molecule has 0 spiro atoms. The number of aliphatic carboxylic acids is 2. The number of nitrogens with one attached hydrogen (secondary N) is 3. The fourth-order valence-electron chi connectivity index (χ4n) is 3.64. The second-order valence-corrected chi connectivity index (χ2v) is 9.49. The second kappa shape index (κ2) is 16.6. The number of hydrogen-bond acceptors (Lipinski definition) is 7. The van der Waals surface area contributed by atoms with E-state index in [1.54, 1.807) is 30.3 Å². The summed E-state index contributed by atoms with van der Waals surface area (Å²) in [6.45, 7) is 3.98. The van der Waals surface area contributed by atoms with Gasteiger partial charge in [-0.3, -0.25) is 24.2 Å². The molecule has 4 unspecified atom stereocenters. The van der Waals surface area contributed by atoms with Gasteiger partial charge in [-0.15, -0.1) is 0 Å². The molecule has 0 saturated heterocycles. The molecule has 0 aliphatic carbocycles. The quantitative estimate of drug-likeness (QED) is 0.0645. The summed E-state index contributed by atoms with van der Waals surface area (Å²) < 4.78 is 0. The first-order valence-corrected chi connectivity index (χ1v) is 12.5. The van der Waals surface area contributed by atoms with E-state index in [4.69, 9.17) is 22.3 Å². The number of nitrogens with two attached hydrogens (primary N) is 3. The summed E-state index contributed by atoms with van der Waals surface area (Å²) in [5.74, 6) is -5.14. The zero-order valence-corrected chi connectivity index (χ0v) is 22.1. The van der Waals surface area contributed by atoms with Crippen LogP contribution in [0, 0.1) is 5.92 Å². The molecular weight excluding hydrogens is 510 g/mol. The van der Waals surface area contributed by atoms with E-state index in [-0.39, 0.29) is 31.3 Å². The zero-order valence-electron chi connectivity index (χ0n) is 22.1. The Bertz CT molecular complexity index is 1010. The van der Waals surface area contributed by atoms with Gasteiger partial charge in [0, 0.05) is 13.0 Å². The Morgan fingerprint density at radius 3 is 1.97 bits per heavy atom. The van der Waals surface area contributed by atoms with Gasteiger partial charge in [0.1, 0.15) is 18.1 Å². The molecule has 0 fully saturated rings. The van der Waals surface area contributed by atoms with Crippen molar-refractivity contribution >= 4 is 35.6 Å². The van der Waals surface area contributed by atoms with Crippen molar-refractivity contribution in [1.82, 2.24) is 16.0 Å². The molecule has 1 aromatic rings. The average Bonchev–Trinajstić information content (AvgIpc) is 2.84. The van der Waals surface area contributed by atoms with Crippen molar-refractivity contribution in [3.8, 4) is 0 Å². The Labute approximate surface area is 226 Å². The van der Waals surface area contributed by atoms with Crippen LogP contribution in [0.3, 0.4) is 0 Å². The molecule has 1 rings (SSSR count). The number of amides is 3. The molecule has 0 aliphatic heterocycles. The minimum atomic E-state index is -1.71. The lowest BCUT2D eigenvalue weighted by Gasteiger charge is -2.25. The molecule has 216 valence electrons. The SMILES string of the molecule is CC(C)CC(N)C(=O)NC(CCCN=C(N)N)C(=O)NC(Cc1ccccc1)C(=O)NC(CC(=O)O)C(=O)O. The van der Waals surface area contributed by atoms with Crippen molar-refractivity contribution in [2.45, 2.75) is 70.1 Å². The molecule has 11 N–H and O–H groups in total. The van der Waals surface area contributed by atoms with E-state index in [0.29, 0.717) is 18.4 Å². The van der Waals surface area contributed by atoms with E-state index in [0.717, 1.165) is 0 Å². The summed E-state index contributed by atoms with van der Waals surface area (Å²) in [7, 11) is 0. The van der Waals surface area contributed by atoms with E-state index >= 15 is 0 Å². The largest absolute Gasteiger partial charge is 0.481 e. The van der Waals surface area contributed by atoms with Gasteiger partial charge in [-0.05, 0) is 30.7 Å². The molecule has 4 atom stereocenters. The number of carbonyl (C=O) groups is 5. The minimum absolute atomic E-state index is 0.0284. The molecule has 3 amide bonds. The van der Waals surface area contributed by atoms with Crippen molar-refractivity contribution in [3.63, 3.8) is 0 Å². The average molecular weight is 550 g/mol. The maximum absolute atomic E-state index is 13.3. The summed E-state index contributed by atoms with van der Waals surface area (Å²) in [6.07, 6.45) is -0.0822. The summed E-state index contributed by atoms with van der Waals surface area (Å²) in [4.78, 5) is 65.5. The summed E-state index contributed by atoms with van der Waals surface area (Å²) >= 11 is 0. The van der Waals surface area contributed by atoms with Gasteiger partial charge in [-0.25, -0.2) is 4.79 Å². The number of rotatable bonds is 17. The topological polar surface area (TPSA) is 252 Å². The smallest absolute Gasteiger partial charge is 0.326 e. The molecule has 0 bridgehead atoms. The van der Waals surface area contributed by atoms with Crippen molar-refractivity contribution in [2.24, 2.45) is 28.1 Å². The molecule has 1 aromatic carbocycles. The van der Waals surface area contributed by atoms with E-state index in [9.17, 15) is 29.1 Å². The van der Waals surface area contributed by atoms with Crippen LogP contribution in [0.4, 0.5) is 0 Å². The van der Waals surface area contributed by atoms with Crippen LogP contribution in [0.15, 0.2) is 35.3 Å². The summed E-state index contributed by atoms with van der Waals surface area (Å²) in [6, 6.07) is 3.65. The number of benzene rings is 1. The Hall–Kier alpha value is -4.20. The number of nitrogens with zero attached hydrogens (tertiary/aromatic N) is 1. The molecule has 0 radical (unpaired) electrons. The molecule has 0 aromatic heterocycles. The van der Waals surface area contributed by atoms with Crippen LogP contribution in [0.5, 0.6) is 0 Å². The highest BCUT2D eigenvalue weighted by atomic mass is 16.4. The number of carboxylic acid groups (broad SMARTS) is 2. The first-order chi connectivity index (χ1) is 18.3. The number of carbonyl (C=O) groups excluding carboxylic acids is 3. The molecular formula is C25H39N7O7. The molecule has 14 nitrogen and oxygen atoms in total. The van der Waals surface area contributed by atoms with E-state index < -0.39 is 60.2 Å². The van der Waals surface area contributed by atoms with Crippen LogP contribution in [0.2, 0.25) is 0 Å². The number of carboxylic acids is 2. The number of aliphatic imine (C=N–C) groups is 1. The van der Waals surface area contributed by atoms with E-state index in [2.05, 4.69) is 20.9 Å². The third-order valence-electron chi connectivity index (χ3n) is 5.55. The molecule has 0 heterocycles. The predicted octanol–water partition coefficient (Wildman–Crippen LogP) is -1.33. The van der Waals surface area contributed by atoms with Crippen LogP contribution in [0.25, 0.3) is 0 Å². The fourth-order valence-corrected chi connectivity index (χ4v) is 3.64. The van der Waals surface area contributed by atoms with Crippen LogP contribution >= 0.6 is 0 Å². The van der Waals surface area contributed by atoms with Gasteiger partial charge in [0.05, 0.1) is 12.5 Å². The highest BCUT2D eigenvalue weighted by molar-refractivity contribution is 5.94. The summed E-state index contributed by atoms with van der Waals surface area (Å²) in [5.41, 5.74) is 17.3. The van der Waals surface area contributed by atoms with Crippen molar-refractivity contribution in [1.29, 1.82) is 0 Å². The van der Waals surface area contributed by atoms with Gasteiger partial charge >= 0.3 is 11.9 Å². The van der Waals surface area contributed by atoms with Crippen molar-refractivity contribution in [3.05, 3.63) is 35.9 Å². The number of guanidine groups is 1. The lowest BCUT2D eigenvalue weighted by molar-refractivity contribution is -0.147. The third kappa shape index (κ3) is 13.2. The Kier molecular flexibility index (Phi) is 14.0. The first-order valence-electron chi connectivity index (χ1n) is 12.5. The fraction of sp³-hybridized carbons (Fsp3) is 0.520. The Balaban J connectivity index is 3.16. The first kappa shape index (κ1) is 32.8. The summed E-state index contributed by atoms with van der Waals surface area (Å²) in [5, 5.41) is 25.7. The maximum atomic E-state index is 13.3. The van der Waals surface area contributed by atoms with Crippen LogP contribution in [-0.2, 0) is 30.4 Å². The maximum Gasteiger partial charge on any atom is 0.326 e. The van der Waals surface area contributed by atoms with Crippen molar-refractivity contribution in [2.75, 3.05) is 6.54 Å². The number of hydrogen-bond donors (Lipinski definition) is 8. The van der Waals surface area contributed by atoms with E-state index in [1.807, 2.05) is 13.8 Å². The van der Waals surface area contributed by atoms with Crippen molar-refractivity contribution < 1.29 is 34.2 Å². The van der Waals surface area contributed by atoms with Gasteiger partial charge in [0.25, 0.3) is 0 Å².